The van der Waals surface area contributed by atoms with Crippen molar-refractivity contribution >= 4 is 51.2 Å². The van der Waals surface area contributed by atoms with Gasteiger partial charge in [0.2, 0.25) is 11.2 Å². The predicted octanol–water partition coefficient (Wildman–Crippen LogP) is 3.39. The number of benzene rings is 1. The highest BCUT2D eigenvalue weighted by Gasteiger charge is 2.35. The Morgan fingerprint density at radius 1 is 1.46 bits per heavy atom. The van der Waals surface area contributed by atoms with Crippen LogP contribution in [-0.4, -0.2) is 28.6 Å². The lowest BCUT2D eigenvalue weighted by Gasteiger charge is -2.13. The first-order valence-corrected chi connectivity index (χ1v) is 8.61. The number of aliphatic imine (C=N–C) groups is 1. The van der Waals surface area contributed by atoms with Gasteiger partial charge in [-0.2, -0.15) is 0 Å². The molecule has 2 heterocycles. The quantitative estimate of drug-likeness (QED) is 0.599. The Morgan fingerprint density at radius 2 is 2.25 bits per heavy atom. The van der Waals surface area contributed by atoms with Crippen molar-refractivity contribution in [2.75, 3.05) is 17.6 Å². The molecule has 0 aliphatic carbocycles. The molecule has 0 spiro atoms. The van der Waals surface area contributed by atoms with Crippen molar-refractivity contribution in [2.45, 2.75) is 19.3 Å². The smallest absolute Gasteiger partial charge is 0.238 e. The molecule has 8 heteroatoms. The average Bonchev–Trinajstić information content (AvgIpc) is 2.84. The first-order valence-electron chi connectivity index (χ1n) is 7.44. The molecule has 3 rings (SSSR count). The van der Waals surface area contributed by atoms with Gasteiger partial charge in [0.05, 0.1) is 11.3 Å². The minimum atomic E-state index is -0.608. The highest BCUT2D eigenvalue weighted by atomic mass is 79.9. The molecule has 1 aliphatic rings. The second-order valence-electron chi connectivity index (χ2n) is 5.37. The predicted molar refractivity (Wildman–Crippen MR) is 98.8 cm³/mol. The molecule has 2 aromatic rings. The fourth-order valence-electron chi connectivity index (χ4n) is 2.62. The number of carbonyl (C=O) groups is 1. The topological polar surface area (TPSA) is 93.3 Å². The monoisotopic (exact) mass is 407 g/mol. The zero-order valence-electron chi connectivity index (χ0n) is 12.9. The summed E-state index contributed by atoms with van der Waals surface area (Å²) in [7, 11) is 0. The van der Waals surface area contributed by atoms with E-state index in [0.717, 1.165) is 22.1 Å². The van der Waals surface area contributed by atoms with Gasteiger partial charge >= 0.3 is 0 Å². The lowest BCUT2D eigenvalue weighted by atomic mass is 9.94. The molecule has 0 saturated heterocycles. The molecule has 1 amide bonds. The van der Waals surface area contributed by atoms with Gasteiger partial charge in [0, 0.05) is 22.9 Å². The van der Waals surface area contributed by atoms with Crippen LogP contribution in [0, 0.1) is 0 Å². The highest BCUT2D eigenvalue weighted by Crippen LogP contribution is 2.39. The molecule has 1 unspecified atom stereocenters. The number of aromatic nitrogens is 2. The Kier molecular flexibility index (Phi) is 4.82. The van der Waals surface area contributed by atoms with Crippen LogP contribution in [0.4, 0.5) is 11.5 Å². The van der Waals surface area contributed by atoms with Gasteiger partial charge in [-0.25, -0.2) is 9.97 Å². The molecule has 0 saturated carbocycles. The van der Waals surface area contributed by atoms with Gasteiger partial charge in [-0.15, -0.1) is 0 Å². The number of halogens is 2. The number of amides is 1. The summed E-state index contributed by atoms with van der Waals surface area (Å²) in [5, 5.41) is 2.86. The van der Waals surface area contributed by atoms with Crippen molar-refractivity contribution in [1.29, 1.82) is 0 Å². The average molecular weight is 409 g/mol. The molecule has 6 nitrogen and oxygen atoms in total. The Labute approximate surface area is 152 Å². The number of nitrogens with one attached hydrogen (secondary N) is 1. The third-order valence-corrected chi connectivity index (χ3v) is 4.33. The van der Waals surface area contributed by atoms with Crippen LogP contribution in [0.1, 0.15) is 36.1 Å². The van der Waals surface area contributed by atoms with E-state index in [2.05, 4.69) is 36.2 Å². The largest absolute Gasteiger partial charge is 0.383 e. The van der Waals surface area contributed by atoms with Crippen molar-refractivity contribution in [3.8, 4) is 0 Å². The van der Waals surface area contributed by atoms with Gasteiger partial charge < -0.3 is 11.1 Å². The number of carbonyl (C=O) groups excluding carboxylic acids is 1. The summed E-state index contributed by atoms with van der Waals surface area (Å²) in [6, 6.07) is 5.60. The van der Waals surface area contributed by atoms with Crippen LogP contribution in [0.2, 0.25) is 5.28 Å². The Bertz CT molecular complexity index is 839. The van der Waals surface area contributed by atoms with Crippen molar-refractivity contribution in [3.05, 3.63) is 44.8 Å². The van der Waals surface area contributed by atoms with E-state index < -0.39 is 5.92 Å². The molecule has 1 atom stereocenters. The molecule has 24 heavy (non-hydrogen) atoms. The first kappa shape index (κ1) is 16.9. The van der Waals surface area contributed by atoms with Crippen LogP contribution < -0.4 is 11.1 Å². The van der Waals surface area contributed by atoms with E-state index >= 15 is 0 Å². The fraction of sp³-hybridized carbons (Fsp3) is 0.250. The van der Waals surface area contributed by atoms with Gasteiger partial charge in [-0.1, -0.05) is 22.9 Å². The minimum absolute atomic E-state index is 0.00592. The Morgan fingerprint density at radius 3 is 3.00 bits per heavy atom. The molecule has 0 fully saturated rings. The van der Waals surface area contributed by atoms with Gasteiger partial charge in [0.15, 0.2) is 0 Å². The van der Waals surface area contributed by atoms with Crippen molar-refractivity contribution < 1.29 is 4.79 Å². The lowest BCUT2D eigenvalue weighted by Crippen LogP contribution is -2.18. The van der Waals surface area contributed by atoms with Crippen molar-refractivity contribution in [1.82, 2.24) is 9.97 Å². The summed E-state index contributed by atoms with van der Waals surface area (Å²) in [5.74, 6) is -0.577. The standard InChI is InChI=1S/C16H15BrClN5O/c1-2-5-20-7-10-13(22-16(18)23-14(10)19)12-9-6-8(17)3-4-11(9)21-15(12)24/h3-4,6-7,12H,2,5H2,1H3,(H,21,24)(H2,19,22,23). The van der Waals surface area contributed by atoms with E-state index in [1.165, 1.54) is 0 Å². The minimum Gasteiger partial charge on any atom is -0.383 e. The number of hydrogen-bond donors (Lipinski definition) is 2. The molecule has 124 valence electrons. The number of nitrogen functional groups attached to an aromatic ring is 1. The molecular weight excluding hydrogens is 394 g/mol. The molecule has 0 bridgehead atoms. The number of nitrogens with zero attached hydrogens (tertiary/aromatic N) is 3. The van der Waals surface area contributed by atoms with Crippen molar-refractivity contribution in [2.24, 2.45) is 4.99 Å². The van der Waals surface area contributed by atoms with E-state index in [-0.39, 0.29) is 17.0 Å². The summed E-state index contributed by atoms with van der Waals surface area (Å²) in [4.78, 5) is 25.1. The number of anilines is 2. The van der Waals surface area contributed by atoms with Crippen LogP contribution in [-0.2, 0) is 4.79 Å². The molecule has 1 aliphatic heterocycles. The normalized spacial score (nSPS) is 16.5. The highest BCUT2D eigenvalue weighted by molar-refractivity contribution is 9.10. The van der Waals surface area contributed by atoms with E-state index in [9.17, 15) is 4.79 Å². The summed E-state index contributed by atoms with van der Waals surface area (Å²) in [5.41, 5.74) is 8.55. The maximum atomic E-state index is 12.5. The van der Waals surface area contributed by atoms with E-state index in [4.69, 9.17) is 17.3 Å². The van der Waals surface area contributed by atoms with E-state index in [1.54, 1.807) is 6.21 Å². The Hall–Kier alpha value is -1.99. The maximum absolute atomic E-state index is 12.5. The second-order valence-corrected chi connectivity index (χ2v) is 6.62. The molecule has 3 N–H and O–H groups in total. The molecule has 0 radical (unpaired) electrons. The lowest BCUT2D eigenvalue weighted by molar-refractivity contribution is -0.116. The fourth-order valence-corrected chi connectivity index (χ4v) is 3.18. The van der Waals surface area contributed by atoms with Crippen LogP contribution in [0.5, 0.6) is 0 Å². The van der Waals surface area contributed by atoms with Crippen LogP contribution in [0.25, 0.3) is 0 Å². The number of hydrogen-bond acceptors (Lipinski definition) is 5. The molecular formula is C16H15BrClN5O. The van der Waals surface area contributed by atoms with E-state index in [0.29, 0.717) is 17.8 Å². The summed E-state index contributed by atoms with van der Waals surface area (Å²) in [6.45, 7) is 2.68. The number of nitrogens with two attached hydrogens (primary N) is 1. The van der Waals surface area contributed by atoms with Gasteiger partial charge in [0.1, 0.15) is 11.7 Å². The zero-order chi connectivity index (χ0) is 17.3. The van der Waals surface area contributed by atoms with E-state index in [1.807, 2.05) is 25.1 Å². The third kappa shape index (κ3) is 3.14. The summed E-state index contributed by atoms with van der Waals surface area (Å²) in [6.07, 6.45) is 2.52. The van der Waals surface area contributed by atoms with Gasteiger partial charge in [0.25, 0.3) is 0 Å². The van der Waals surface area contributed by atoms with Crippen LogP contribution in [0.15, 0.2) is 27.7 Å². The second kappa shape index (κ2) is 6.86. The van der Waals surface area contributed by atoms with Gasteiger partial charge in [-0.3, -0.25) is 9.79 Å². The summed E-state index contributed by atoms with van der Waals surface area (Å²) >= 11 is 9.41. The third-order valence-electron chi connectivity index (χ3n) is 3.67. The molecule has 1 aromatic heterocycles. The SMILES string of the molecule is CCCN=Cc1c(N)nc(Cl)nc1C1C(=O)Nc2ccc(Br)cc21. The van der Waals surface area contributed by atoms with Crippen LogP contribution >= 0.6 is 27.5 Å². The summed E-state index contributed by atoms with van der Waals surface area (Å²) < 4.78 is 0.872. The zero-order valence-corrected chi connectivity index (χ0v) is 15.2. The number of rotatable bonds is 4. The maximum Gasteiger partial charge on any atom is 0.238 e. The van der Waals surface area contributed by atoms with Crippen molar-refractivity contribution in [3.63, 3.8) is 0 Å². The molecule has 1 aromatic carbocycles. The number of fused-ring (bicyclic) bond motifs is 1. The first-order chi connectivity index (χ1) is 11.5. The van der Waals surface area contributed by atoms with Gasteiger partial charge in [-0.05, 0) is 41.8 Å². The Balaban J connectivity index is 2.16. The van der Waals surface area contributed by atoms with Crippen LogP contribution in [0.3, 0.4) is 0 Å².